The number of benzene rings is 2. The van der Waals surface area contributed by atoms with E-state index in [0.29, 0.717) is 18.3 Å². The van der Waals surface area contributed by atoms with E-state index < -0.39 is 0 Å². The number of anilines is 2. The van der Waals surface area contributed by atoms with Crippen molar-refractivity contribution >= 4 is 11.4 Å². The Hall–Kier alpha value is -2.40. The molecule has 0 amide bonds. The Morgan fingerprint density at radius 1 is 0.920 bits per heavy atom. The number of nitrogens with one attached hydrogen (secondary N) is 2. The number of aliphatic hydroxyl groups excluding tert-OH is 1. The third kappa shape index (κ3) is 5.87. The fourth-order valence-electron chi connectivity index (χ4n) is 2.41. The number of hydrogen-bond donors (Lipinski definition) is 5. The lowest BCUT2D eigenvalue weighted by molar-refractivity contribution is 0.311. The lowest BCUT2D eigenvalue weighted by Crippen LogP contribution is -2.26. The highest BCUT2D eigenvalue weighted by atomic mass is 16.3. The molecule has 0 unspecified atom stereocenters. The van der Waals surface area contributed by atoms with Gasteiger partial charge in [-0.3, -0.25) is 0 Å². The summed E-state index contributed by atoms with van der Waals surface area (Å²) in [6.45, 7) is 4.34. The Balaban J connectivity index is 0.000000181. The smallest absolute Gasteiger partial charge is 0.120 e. The second-order valence-electron chi connectivity index (χ2n) is 6.43. The molecule has 2 aromatic carbocycles. The van der Waals surface area contributed by atoms with Crippen molar-refractivity contribution < 1.29 is 15.3 Å². The standard InChI is InChI=1S/C11H15NO.C9H13NO2/c1-8-5-6-10(7-11(8)13)12-9-3-2-4-9;1-7-2-3-8(6-9(7)12)10-4-5-11/h5-7,9,12-13H,2-4H2,1H3;2-3,6,10-12H,4-5H2,1H3. The summed E-state index contributed by atoms with van der Waals surface area (Å²) in [6.07, 6.45) is 3.85. The van der Waals surface area contributed by atoms with E-state index in [2.05, 4.69) is 10.6 Å². The van der Waals surface area contributed by atoms with Crippen molar-refractivity contribution in [3.63, 3.8) is 0 Å². The fourth-order valence-corrected chi connectivity index (χ4v) is 2.41. The molecule has 0 radical (unpaired) electrons. The minimum atomic E-state index is 0.0919. The van der Waals surface area contributed by atoms with E-state index in [1.54, 1.807) is 12.1 Å². The van der Waals surface area contributed by atoms with Crippen molar-refractivity contribution in [1.29, 1.82) is 0 Å². The normalized spacial score (nSPS) is 13.4. The molecule has 2 aromatic rings. The van der Waals surface area contributed by atoms with E-state index in [9.17, 15) is 10.2 Å². The van der Waals surface area contributed by atoms with Crippen LogP contribution in [-0.4, -0.2) is 34.5 Å². The Kier molecular flexibility index (Phi) is 6.95. The number of aliphatic hydroxyl groups is 1. The van der Waals surface area contributed by atoms with Crippen LogP contribution >= 0.6 is 0 Å². The van der Waals surface area contributed by atoms with Crippen molar-refractivity contribution in [2.45, 2.75) is 39.2 Å². The van der Waals surface area contributed by atoms with E-state index in [0.717, 1.165) is 22.5 Å². The molecular formula is C20H28N2O3. The number of aromatic hydroxyl groups is 2. The second kappa shape index (κ2) is 9.18. The third-order valence-corrected chi connectivity index (χ3v) is 4.34. The zero-order valence-electron chi connectivity index (χ0n) is 14.9. The lowest BCUT2D eigenvalue weighted by Gasteiger charge is -2.27. The van der Waals surface area contributed by atoms with Crippen LogP contribution < -0.4 is 10.6 Å². The SMILES string of the molecule is Cc1ccc(NC2CCC2)cc1O.Cc1ccc(NCCO)cc1O. The molecule has 1 aliphatic carbocycles. The van der Waals surface area contributed by atoms with Gasteiger partial charge in [0.25, 0.3) is 0 Å². The number of aryl methyl sites for hydroxylation is 2. The van der Waals surface area contributed by atoms with Gasteiger partial charge in [-0.25, -0.2) is 0 Å². The molecule has 1 saturated carbocycles. The van der Waals surface area contributed by atoms with E-state index in [1.807, 2.05) is 38.1 Å². The summed E-state index contributed by atoms with van der Waals surface area (Å²) in [6, 6.07) is 11.7. The summed E-state index contributed by atoms with van der Waals surface area (Å²) in [7, 11) is 0. The maximum absolute atomic E-state index is 9.46. The Labute approximate surface area is 149 Å². The first-order valence-corrected chi connectivity index (χ1v) is 8.70. The van der Waals surface area contributed by atoms with Gasteiger partial charge in [-0.1, -0.05) is 12.1 Å². The van der Waals surface area contributed by atoms with Gasteiger partial charge in [0.2, 0.25) is 0 Å². The van der Waals surface area contributed by atoms with Gasteiger partial charge in [0, 0.05) is 36.1 Å². The first-order chi connectivity index (χ1) is 12.0. The van der Waals surface area contributed by atoms with Gasteiger partial charge >= 0.3 is 0 Å². The molecule has 0 aliphatic heterocycles. The van der Waals surface area contributed by atoms with Gasteiger partial charge in [0.15, 0.2) is 0 Å². The van der Waals surface area contributed by atoms with Gasteiger partial charge < -0.3 is 26.0 Å². The van der Waals surface area contributed by atoms with Crippen molar-refractivity contribution in [2.75, 3.05) is 23.8 Å². The van der Waals surface area contributed by atoms with Crippen molar-refractivity contribution in [1.82, 2.24) is 0 Å². The van der Waals surface area contributed by atoms with E-state index in [1.165, 1.54) is 19.3 Å². The molecule has 0 spiro atoms. The van der Waals surface area contributed by atoms with E-state index in [-0.39, 0.29) is 12.4 Å². The highest BCUT2D eigenvalue weighted by Crippen LogP contribution is 2.26. The molecule has 0 heterocycles. The van der Waals surface area contributed by atoms with Crippen LogP contribution in [0, 0.1) is 13.8 Å². The van der Waals surface area contributed by atoms with Crippen LogP contribution in [0.25, 0.3) is 0 Å². The average Bonchev–Trinajstić information content (AvgIpc) is 2.56. The molecule has 5 nitrogen and oxygen atoms in total. The van der Waals surface area contributed by atoms with Gasteiger partial charge in [-0.2, -0.15) is 0 Å². The third-order valence-electron chi connectivity index (χ3n) is 4.34. The van der Waals surface area contributed by atoms with Gasteiger partial charge in [-0.15, -0.1) is 0 Å². The van der Waals surface area contributed by atoms with Crippen molar-refractivity contribution in [3.05, 3.63) is 47.5 Å². The minimum Gasteiger partial charge on any atom is -0.508 e. The van der Waals surface area contributed by atoms with Crippen LogP contribution in [0.5, 0.6) is 11.5 Å². The zero-order valence-corrected chi connectivity index (χ0v) is 14.9. The summed E-state index contributed by atoms with van der Waals surface area (Å²) in [5.74, 6) is 0.655. The van der Waals surface area contributed by atoms with Crippen molar-refractivity contribution in [3.8, 4) is 11.5 Å². The topological polar surface area (TPSA) is 84.8 Å². The van der Waals surface area contributed by atoms with Gasteiger partial charge in [0.1, 0.15) is 11.5 Å². The van der Waals surface area contributed by atoms with Crippen LogP contribution in [0.1, 0.15) is 30.4 Å². The Morgan fingerprint density at radius 2 is 1.48 bits per heavy atom. The summed E-state index contributed by atoms with van der Waals surface area (Å²) in [4.78, 5) is 0. The first-order valence-electron chi connectivity index (χ1n) is 8.70. The Bertz CT molecular complexity index is 685. The molecular weight excluding hydrogens is 316 g/mol. The molecule has 0 bridgehead atoms. The molecule has 5 N–H and O–H groups in total. The Morgan fingerprint density at radius 3 is 1.96 bits per heavy atom. The van der Waals surface area contributed by atoms with Crippen LogP contribution in [0.3, 0.4) is 0 Å². The quantitative estimate of drug-likeness (QED) is 0.570. The largest absolute Gasteiger partial charge is 0.508 e. The van der Waals surface area contributed by atoms with Gasteiger partial charge in [0.05, 0.1) is 6.61 Å². The fraction of sp³-hybridized carbons (Fsp3) is 0.400. The predicted octanol–water partition coefficient (Wildman–Crippen LogP) is 3.77. The summed E-state index contributed by atoms with van der Waals surface area (Å²) >= 11 is 0. The van der Waals surface area contributed by atoms with Crippen molar-refractivity contribution in [2.24, 2.45) is 0 Å². The molecule has 1 fully saturated rings. The summed E-state index contributed by atoms with van der Waals surface area (Å²) in [5, 5.41) is 33.6. The maximum Gasteiger partial charge on any atom is 0.120 e. The molecule has 0 atom stereocenters. The van der Waals surface area contributed by atoms with Crippen LogP contribution in [-0.2, 0) is 0 Å². The minimum absolute atomic E-state index is 0.0919. The molecule has 0 saturated heterocycles. The predicted molar refractivity (Wildman–Crippen MR) is 103 cm³/mol. The summed E-state index contributed by atoms with van der Waals surface area (Å²) in [5.41, 5.74) is 3.64. The number of phenolic OH excluding ortho intramolecular Hbond substituents is 2. The number of rotatable bonds is 5. The van der Waals surface area contributed by atoms with E-state index >= 15 is 0 Å². The van der Waals surface area contributed by atoms with Gasteiger partial charge in [-0.05, 0) is 56.4 Å². The highest BCUT2D eigenvalue weighted by Gasteiger charge is 2.16. The first kappa shape index (κ1) is 18.9. The molecule has 1 aliphatic rings. The number of hydrogen-bond acceptors (Lipinski definition) is 5. The van der Waals surface area contributed by atoms with E-state index in [4.69, 9.17) is 5.11 Å². The maximum atomic E-state index is 9.46. The second-order valence-corrected chi connectivity index (χ2v) is 6.43. The zero-order chi connectivity index (χ0) is 18.2. The van der Waals surface area contributed by atoms with Crippen LogP contribution in [0.2, 0.25) is 0 Å². The summed E-state index contributed by atoms with van der Waals surface area (Å²) < 4.78 is 0. The number of phenols is 2. The lowest BCUT2D eigenvalue weighted by atomic mass is 9.93. The van der Waals surface area contributed by atoms with Crippen LogP contribution in [0.4, 0.5) is 11.4 Å². The highest BCUT2D eigenvalue weighted by molar-refractivity contribution is 5.52. The molecule has 136 valence electrons. The molecule has 5 heteroatoms. The molecule has 0 aromatic heterocycles. The van der Waals surface area contributed by atoms with Crippen LogP contribution in [0.15, 0.2) is 36.4 Å². The monoisotopic (exact) mass is 344 g/mol. The molecule has 25 heavy (non-hydrogen) atoms. The molecule has 3 rings (SSSR count). The average molecular weight is 344 g/mol.